The molecule has 0 amide bonds. The molecule has 2 rings (SSSR count). The predicted octanol–water partition coefficient (Wildman–Crippen LogP) is 3.52. The van der Waals surface area contributed by atoms with Crippen molar-refractivity contribution < 1.29 is 23.5 Å². The Bertz CT molecular complexity index is 847. The number of benzene rings is 1. The lowest BCUT2D eigenvalue weighted by atomic mass is 10.2. The van der Waals surface area contributed by atoms with E-state index >= 15 is 0 Å². The Hall–Kier alpha value is -1.15. The van der Waals surface area contributed by atoms with Crippen LogP contribution in [-0.2, 0) is 31.1 Å². The van der Waals surface area contributed by atoms with Crippen LogP contribution < -0.4 is 5.73 Å². The summed E-state index contributed by atoms with van der Waals surface area (Å²) in [6.45, 7) is 3.80. The molecule has 2 aromatic rings. The minimum atomic E-state index is -3.47. The summed E-state index contributed by atoms with van der Waals surface area (Å²) in [7, 11) is -3.47. The lowest BCUT2D eigenvalue weighted by molar-refractivity contribution is -0.138. The van der Waals surface area contributed by atoms with Crippen molar-refractivity contribution in [3.63, 3.8) is 0 Å². The van der Waals surface area contributed by atoms with E-state index in [0.717, 1.165) is 0 Å². The van der Waals surface area contributed by atoms with E-state index in [1.165, 1.54) is 0 Å². The zero-order valence-corrected chi connectivity index (χ0v) is 16.7. The number of imidazole rings is 1. The van der Waals surface area contributed by atoms with Gasteiger partial charge in [0, 0.05) is 6.42 Å². The minimum Gasteiger partial charge on any atom is -0.480 e. The van der Waals surface area contributed by atoms with Gasteiger partial charge in [0.1, 0.15) is 18.2 Å². The van der Waals surface area contributed by atoms with Crippen LogP contribution in [0, 0.1) is 0 Å². The van der Waals surface area contributed by atoms with Gasteiger partial charge >= 0.3 is 13.6 Å². The monoisotopic (exact) mass is 423 g/mol. The van der Waals surface area contributed by atoms with E-state index in [1.54, 1.807) is 30.5 Å². The lowest BCUT2D eigenvalue weighted by Gasteiger charge is -2.19. The maximum Gasteiger partial charge on any atom is 0.350 e. The number of hydrogen-bond donors (Lipinski definition) is 2. The average molecular weight is 424 g/mol. The van der Waals surface area contributed by atoms with Crippen molar-refractivity contribution in [2.24, 2.45) is 5.73 Å². The Labute approximate surface area is 160 Å². The maximum atomic E-state index is 12.9. The Morgan fingerprint density at radius 2 is 1.88 bits per heavy atom. The highest BCUT2D eigenvalue weighted by molar-refractivity contribution is 7.52. The Kier molecular flexibility index (Phi) is 7.07. The molecule has 11 heteroatoms. The van der Waals surface area contributed by atoms with Gasteiger partial charge in [-0.05, 0) is 26.0 Å². The molecule has 1 heterocycles. The molecule has 0 spiro atoms. The van der Waals surface area contributed by atoms with E-state index in [1.807, 2.05) is 0 Å². The first kappa shape index (κ1) is 21.2. The summed E-state index contributed by atoms with van der Waals surface area (Å²) in [6, 6.07) is 1.96. The summed E-state index contributed by atoms with van der Waals surface area (Å²) < 4.78 is 25.2. The number of hydrogen-bond acceptors (Lipinski definition) is 6. The van der Waals surface area contributed by atoms with Gasteiger partial charge in [-0.15, -0.1) is 0 Å². The number of aromatic nitrogens is 2. The zero-order chi connectivity index (χ0) is 19.5. The standard InChI is InChI=1S/C15H20Cl2N3O5P/c1-3-24-26(23,25-4-2)8-20-13-6-10(17)9(16)5-12(13)19-14(20)7-11(18)15(21)22/h5-6,11H,3-4,7-8,18H2,1-2H3,(H,21,22)/t11-/m1/s1. The number of rotatable bonds is 9. The number of carboxylic acid groups (broad SMARTS) is 1. The molecule has 1 atom stereocenters. The van der Waals surface area contributed by atoms with E-state index in [4.69, 9.17) is 43.1 Å². The minimum absolute atomic E-state index is 0.0719. The molecule has 8 nitrogen and oxygen atoms in total. The Morgan fingerprint density at radius 1 is 1.31 bits per heavy atom. The maximum absolute atomic E-state index is 12.9. The van der Waals surface area contributed by atoms with Crippen molar-refractivity contribution in [3.8, 4) is 0 Å². The second kappa shape index (κ2) is 8.69. The molecule has 1 aromatic heterocycles. The quantitative estimate of drug-likeness (QED) is 0.592. The van der Waals surface area contributed by atoms with Crippen LogP contribution in [0.25, 0.3) is 11.0 Å². The molecule has 3 N–H and O–H groups in total. The number of halogens is 2. The molecule has 0 saturated carbocycles. The van der Waals surface area contributed by atoms with Gasteiger partial charge in [0.05, 0.1) is 34.3 Å². The highest BCUT2D eigenvalue weighted by Crippen LogP contribution is 2.50. The molecule has 0 fully saturated rings. The zero-order valence-electron chi connectivity index (χ0n) is 14.3. The topological polar surface area (TPSA) is 117 Å². The van der Waals surface area contributed by atoms with Crippen molar-refractivity contribution >= 4 is 47.8 Å². The number of nitrogens with two attached hydrogens (primary N) is 1. The highest BCUT2D eigenvalue weighted by atomic mass is 35.5. The van der Waals surface area contributed by atoms with Crippen molar-refractivity contribution in [1.29, 1.82) is 0 Å². The second-order valence-corrected chi connectivity index (χ2v) is 8.28. The summed E-state index contributed by atoms with van der Waals surface area (Å²) in [5.74, 6) is -0.842. The van der Waals surface area contributed by atoms with E-state index in [9.17, 15) is 9.36 Å². The fourth-order valence-electron chi connectivity index (χ4n) is 2.45. The first-order valence-corrected chi connectivity index (χ1v) is 10.4. The van der Waals surface area contributed by atoms with Crippen molar-refractivity contribution in [3.05, 3.63) is 28.0 Å². The molecule has 1 aromatic carbocycles. The third kappa shape index (κ3) is 4.76. The molecule has 0 radical (unpaired) electrons. The van der Waals surface area contributed by atoms with E-state index in [0.29, 0.717) is 21.9 Å². The number of nitrogens with zero attached hydrogens (tertiary/aromatic N) is 2. The predicted molar refractivity (Wildman–Crippen MR) is 99.9 cm³/mol. The first-order valence-electron chi connectivity index (χ1n) is 7.91. The summed E-state index contributed by atoms with van der Waals surface area (Å²) in [5, 5.41) is 9.68. The first-order chi connectivity index (χ1) is 12.2. The molecule has 0 saturated heterocycles. The van der Waals surface area contributed by atoms with E-state index < -0.39 is 19.6 Å². The number of fused-ring (bicyclic) bond motifs is 1. The van der Waals surface area contributed by atoms with Crippen LogP contribution in [0.2, 0.25) is 10.0 Å². The van der Waals surface area contributed by atoms with Crippen LogP contribution in [-0.4, -0.2) is 39.9 Å². The lowest BCUT2D eigenvalue weighted by Crippen LogP contribution is -2.33. The second-order valence-electron chi connectivity index (χ2n) is 5.45. The van der Waals surface area contributed by atoms with Crippen LogP contribution in [0.5, 0.6) is 0 Å². The highest BCUT2D eigenvalue weighted by Gasteiger charge is 2.28. The Balaban J connectivity index is 2.57. The van der Waals surface area contributed by atoms with Gasteiger partial charge in [0.15, 0.2) is 0 Å². The largest absolute Gasteiger partial charge is 0.480 e. The SMILES string of the molecule is CCOP(=O)(Cn1c(C[C@@H](N)C(=O)O)nc2cc(Cl)c(Cl)cc21)OCC. The molecule has 0 aliphatic carbocycles. The van der Waals surface area contributed by atoms with Gasteiger partial charge in [-0.2, -0.15) is 0 Å². The molecular weight excluding hydrogens is 404 g/mol. The fraction of sp³-hybridized carbons (Fsp3) is 0.467. The summed E-state index contributed by atoms with van der Waals surface area (Å²) in [6.07, 6.45) is -0.220. The van der Waals surface area contributed by atoms with Crippen LogP contribution in [0.15, 0.2) is 12.1 Å². The molecule has 0 bridgehead atoms. The smallest absolute Gasteiger partial charge is 0.350 e. The average Bonchev–Trinajstić information content (AvgIpc) is 2.85. The van der Waals surface area contributed by atoms with Gasteiger partial charge in [-0.1, -0.05) is 23.2 Å². The summed E-state index contributed by atoms with van der Waals surface area (Å²) in [4.78, 5) is 15.5. The third-order valence-corrected chi connectivity index (χ3v) is 6.21. The Morgan fingerprint density at radius 3 is 2.42 bits per heavy atom. The number of carbonyl (C=O) groups is 1. The van der Waals surface area contributed by atoms with Crippen molar-refractivity contribution in [2.45, 2.75) is 32.6 Å². The molecule has 0 aliphatic heterocycles. The fourth-order valence-corrected chi connectivity index (χ4v) is 4.46. The van der Waals surface area contributed by atoms with Gasteiger partial charge in [-0.3, -0.25) is 9.36 Å². The molecule has 26 heavy (non-hydrogen) atoms. The molecule has 144 valence electrons. The van der Waals surface area contributed by atoms with Crippen molar-refractivity contribution in [1.82, 2.24) is 9.55 Å². The number of carboxylic acids is 1. The van der Waals surface area contributed by atoms with Gasteiger partial charge in [-0.25, -0.2) is 4.98 Å². The molecular formula is C15H20Cl2N3O5P. The van der Waals surface area contributed by atoms with Gasteiger partial charge in [0.2, 0.25) is 0 Å². The third-order valence-electron chi connectivity index (χ3n) is 3.56. The van der Waals surface area contributed by atoms with Gasteiger partial charge in [0.25, 0.3) is 0 Å². The summed E-state index contributed by atoms with van der Waals surface area (Å²) in [5.41, 5.74) is 6.66. The number of aliphatic carboxylic acids is 1. The molecule has 0 aliphatic rings. The van der Waals surface area contributed by atoms with Crippen LogP contribution >= 0.6 is 30.8 Å². The van der Waals surface area contributed by atoms with Crippen LogP contribution in [0.3, 0.4) is 0 Å². The van der Waals surface area contributed by atoms with E-state index in [2.05, 4.69) is 4.98 Å². The van der Waals surface area contributed by atoms with Crippen LogP contribution in [0.4, 0.5) is 0 Å². The van der Waals surface area contributed by atoms with E-state index in [-0.39, 0.29) is 30.9 Å². The summed E-state index contributed by atoms with van der Waals surface area (Å²) >= 11 is 12.1. The van der Waals surface area contributed by atoms with Crippen molar-refractivity contribution in [2.75, 3.05) is 13.2 Å². The normalized spacial score (nSPS) is 13.3. The van der Waals surface area contributed by atoms with Gasteiger partial charge < -0.3 is 24.5 Å². The molecule has 0 unspecified atom stereocenters. The van der Waals surface area contributed by atoms with Crippen LogP contribution in [0.1, 0.15) is 19.7 Å².